The van der Waals surface area contributed by atoms with E-state index in [2.05, 4.69) is 0 Å². The summed E-state index contributed by atoms with van der Waals surface area (Å²) < 4.78 is 0. The molecule has 1 N–H and O–H groups in total. The molecular formula is C12H15ClOS. The van der Waals surface area contributed by atoms with Crippen LogP contribution in [-0.2, 0) is 0 Å². The van der Waals surface area contributed by atoms with E-state index in [-0.39, 0.29) is 6.10 Å². The zero-order valence-electron chi connectivity index (χ0n) is 8.53. The Morgan fingerprint density at radius 2 is 1.93 bits per heavy atom. The molecule has 0 saturated heterocycles. The molecule has 0 radical (unpaired) electrons. The van der Waals surface area contributed by atoms with Gasteiger partial charge in [-0.25, -0.2) is 0 Å². The third kappa shape index (κ3) is 2.90. The average molecular weight is 243 g/mol. The van der Waals surface area contributed by atoms with E-state index in [1.807, 2.05) is 24.3 Å². The zero-order valence-corrected chi connectivity index (χ0v) is 10.1. The minimum absolute atomic E-state index is 0.167. The fourth-order valence-corrected chi connectivity index (χ4v) is 3.43. The fraction of sp³-hybridized carbons (Fsp3) is 0.500. The van der Waals surface area contributed by atoms with Gasteiger partial charge >= 0.3 is 0 Å². The number of hydrogen-bond donors (Lipinski definition) is 1. The lowest BCUT2D eigenvalue weighted by Crippen LogP contribution is -2.26. The highest BCUT2D eigenvalue weighted by molar-refractivity contribution is 8.00. The Morgan fingerprint density at radius 1 is 1.20 bits per heavy atom. The monoisotopic (exact) mass is 242 g/mol. The Hall–Kier alpha value is -0.180. The van der Waals surface area contributed by atoms with E-state index < -0.39 is 0 Å². The number of aliphatic hydroxyl groups is 1. The summed E-state index contributed by atoms with van der Waals surface area (Å²) in [5, 5.41) is 11.0. The van der Waals surface area contributed by atoms with Gasteiger partial charge in [0, 0.05) is 10.1 Å². The number of benzene rings is 1. The number of thioether (sulfide) groups is 1. The smallest absolute Gasteiger partial charge is 0.0662 e. The maximum absolute atomic E-state index is 9.86. The first-order chi connectivity index (χ1) is 7.27. The molecule has 2 atom stereocenters. The molecule has 0 aromatic heterocycles. The van der Waals surface area contributed by atoms with Gasteiger partial charge in [0.25, 0.3) is 0 Å². The largest absolute Gasteiger partial charge is 0.392 e. The van der Waals surface area contributed by atoms with Crippen molar-refractivity contribution in [2.45, 2.75) is 41.9 Å². The maximum Gasteiger partial charge on any atom is 0.0662 e. The van der Waals surface area contributed by atoms with E-state index in [0.717, 1.165) is 29.2 Å². The van der Waals surface area contributed by atoms with Gasteiger partial charge in [-0.1, -0.05) is 36.6 Å². The van der Waals surface area contributed by atoms with Crippen molar-refractivity contribution < 1.29 is 5.11 Å². The first-order valence-electron chi connectivity index (χ1n) is 5.36. The van der Waals surface area contributed by atoms with Crippen LogP contribution in [-0.4, -0.2) is 16.5 Å². The van der Waals surface area contributed by atoms with E-state index in [9.17, 15) is 5.11 Å². The van der Waals surface area contributed by atoms with Crippen molar-refractivity contribution in [1.82, 2.24) is 0 Å². The van der Waals surface area contributed by atoms with Gasteiger partial charge in [0.15, 0.2) is 0 Å². The molecular weight excluding hydrogens is 228 g/mol. The van der Waals surface area contributed by atoms with Crippen molar-refractivity contribution in [3.63, 3.8) is 0 Å². The van der Waals surface area contributed by atoms with Crippen LogP contribution in [0.1, 0.15) is 25.7 Å². The Kier molecular flexibility index (Phi) is 3.95. The van der Waals surface area contributed by atoms with Crippen LogP contribution in [0.4, 0.5) is 0 Å². The molecule has 1 aromatic carbocycles. The van der Waals surface area contributed by atoms with Crippen LogP contribution in [0.3, 0.4) is 0 Å². The second kappa shape index (κ2) is 5.24. The highest BCUT2D eigenvalue weighted by atomic mass is 35.5. The molecule has 2 unspecified atom stereocenters. The van der Waals surface area contributed by atoms with E-state index in [1.54, 1.807) is 11.8 Å². The second-order valence-electron chi connectivity index (χ2n) is 3.94. The SMILES string of the molecule is OC1CCCCC1Sc1ccccc1Cl. The molecule has 2 rings (SSSR count). The van der Waals surface area contributed by atoms with Crippen molar-refractivity contribution in [2.75, 3.05) is 0 Å². The molecule has 82 valence electrons. The molecule has 0 bridgehead atoms. The predicted molar refractivity (Wildman–Crippen MR) is 65.6 cm³/mol. The van der Waals surface area contributed by atoms with Crippen molar-refractivity contribution in [3.8, 4) is 0 Å². The van der Waals surface area contributed by atoms with E-state index >= 15 is 0 Å². The molecule has 1 nitrogen and oxygen atoms in total. The van der Waals surface area contributed by atoms with Gasteiger partial charge in [-0.15, -0.1) is 11.8 Å². The summed E-state index contributed by atoms with van der Waals surface area (Å²) in [6, 6.07) is 7.85. The summed E-state index contributed by atoms with van der Waals surface area (Å²) in [6.07, 6.45) is 4.24. The van der Waals surface area contributed by atoms with Crippen molar-refractivity contribution >= 4 is 23.4 Å². The van der Waals surface area contributed by atoms with Gasteiger partial charge < -0.3 is 5.11 Å². The summed E-state index contributed by atoms with van der Waals surface area (Å²) in [5.74, 6) is 0. The topological polar surface area (TPSA) is 20.2 Å². The highest BCUT2D eigenvalue weighted by Gasteiger charge is 2.24. The van der Waals surface area contributed by atoms with Crippen LogP contribution in [0.2, 0.25) is 5.02 Å². The summed E-state index contributed by atoms with van der Waals surface area (Å²) >= 11 is 7.81. The maximum atomic E-state index is 9.86. The highest BCUT2D eigenvalue weighted by Crippen LogP contribution is 2.36. The van der Waals surface area contributed by atoms with E-state index in [1.165, 1.54) is 6.42 Å². The summed E-state index contributed by atoms with van der Waals surface area (Å²) in [5.41, 5.74) is 0. The minimum Gasteiger partial charge on any atom is -0.392 e. The van der Waals surface area contributed by atoms with Crippen LogP contribution < -0.4 is 0 Å². The van der Waals surface area contributed by atoms with Crippen LogP contribution in [0.15, 0.2) is 29.2 Å². The lowest BCUT2D eigenvalue weighted by Gasteiger charge is -2.27. The molecule has 0 heterocycles. The quantitative estimate of drug-likeness (QED) is 0.853. The average Bonchev–Trinajstić information content (AvgIpc) is 2.24. The molecule has 3 heteroatoms. The van der Waals surface area contributed by atoms with Crippen LogP contribution >= 0.6 is 23.4 Å². The Balaban J connectivity index is 2.04. The lowest BCUT2D eigenvalue weighted by molar-refractivity contribution is 0.137. The predicted octanol–water partition coefficient (Wildman–Crippen LogP) is 3.74. The van der Waals surface area contributed by atoms with Gasteiger partial charge in [-0.3, -0.25) is 0 Å². The third-order valence-corrected chi connectivity index (χ3v) is 4.69. The lowest BCUT2D eigenvalue weighted by atomic mass is 9.97. The van der Waals surface area contributed by atoms with Gasteiger partial charge in [0.1, 0.15) is 0 Å². The van der Waals surface area contributed by atoms with Gasteiger partial charge in [0.2, 0.25) is 0 Å². The van der Waals surface area contributed by atoms with Gasteiger partial charge in [0.05, 0.1) is 11.1 Å². The molecule has 0 spiro atoms. The minimum atomic E-state index is -0.167. The van der Waals surface area contributed by atoms with Crippen molar-refractivity contribution in [2.24, 2.45) is 0 Å². The molecule has 1 fully saturated rings. The fourth-order valence-electron chi connectivity index (χ4n) is 1.92. The molecule has 1 aliphatic rings. The first-order valence-corrected chi connectivity index (χ1v) is 6.62. The Bertz CT molecular complexity index is 329. The van der Waals surface area contributed by atoms with Crippen LogP contribution in [0, 0.1) is 0 Å². The number of hydrogen-bond acceptors (Lipinski definition) is 2. The number of aliphatic hydroxyl groups excluding tert-OH is 1. The number of halogens is 1. The zero-order chi connectivity index (χ0) is 10.7. The first kappa shape index (κ1) is 11.3. The molecule has 0 aliphatic heterocycles. The standard InChI is InChI=1S/C12H15ClOS/c13-9-5-1-3-7-11(9)15-12-8-4-2-6-10(12)14/h1,3,5,7,10,12,14H,2,4,6,8H2. The Labute approximate surface area is 99.8 Å². The Morgan fingerprint density at radius 3 is 2.67 bits per heavy atom. The molecule has 1 aliphatic carbocycles. The second-order valence-corrected chi connectivity index (χ2v) is 5.63. The normalized spacial score (nSPS) is 26.5. The van der Waals surface area contributed by atoms with Crippen LogP contribution in [0.5, 0.6) is 0 Å². The molecule has 1 saturated carbocycles. The summed E-state index contributed by atoms with van der Waals surface area (Å²) in [4.78, 5) is 1.09. The molecule has 1 aromatic rings. The van der Waals surface area contributed by atoms with Crippen molar-refractivity contribution in [3.05, 3.63) is 29.3 Å². The number of rotatable bonds is 2. The third-order valence-electron chi connectivity index (χ3n) is 2.78. The summed E-state index contributed by atoms with van der Waals surface area (Å²) in [6.45, 7) is 0. The van der Waals surface area contributed by atoms with Gasteiger partial charge in [-0.2, -0.15) is 0 Å². The van der Waals surface area contributed by atoms with E-state index in [4.69, 9.17) is 11.6 Å². The summed E-state index contributed by atoms with van der Waals surface area (Å²) in [7, 11) is 0. The molecule has 15 heavy (non-hydrogen) atoms. The van der Waals surface area contributed by atoms with Crippen LogP contribution in [0.25, 0.3) is 0 Å². The van der Waals surface area contributed by atoms with Gasteiger partial charge in [-0.05, 0) is 25.0 Å². The molecule has 0 amide bonds. The van der Waals surface area contributed by atoms with E-state index in [0.29, 0.717) is 5.25 Å². The van der Waals surface area contributed by atoms with Crippen molar-refractivity contribution in [1.29, 1.82) is 0 Å².